The van der Waals surface area contributed by atoms with Gasteiger partial charge in [0.1, 0.15) is 0 Å². The van der Waals surface area contributed by atoms with E-state index >= 15 is 0 Å². The normalized spacial score (nSPS) is 14.2. The summed E-state index contributed by atoms with van der Waals surface area (Å²) in [6.45, 7) is 3.22. The highest BCUT2D eigenvalue weighted by Crippen LogP contribution is 2.31. The number of alkyl halides is 3. The second-order valence-corrected chi connectivity index (χ2v) is 5.74. The molecule has 0 aliphatic carbocycles. The lowest BCUT2D eigenvalue weighted by molar-refractivity contribution is -0.142. The molecule has 0 aliphatic rings. The summed E-state index contributed by atoms with van der Waals surface area (Å²) in [5.41, 5.74) is -0.324. The van der Waals surface area contributed by atoms with E-state index in [1.807, 2.05) is 0 Å². The predicted molar refractivity (Wildman–Crippen MR) is 78.9 cm³/mol. The van der Waals surface area contributed by atoms with Crippen molar-refractivity contribution in [3.63, 3.8) is 0 Å². The van der Waals surface area contributed by atoms with E-state index in [1.165, 1.54) is 24.9 Å². The van der Waals surface area contributed by atoms with E-state index in [-0.39, 0.29) is 18.9 Å². The third-order valence-electron chi connectivity index (χ3n) is 3.66. The molecule has 0 aromatic heterocycles. The monoisotopic (exact) mass is 331 g/mol. The number of benzene rings is 1. The lowest BCUT2D eigenvalue weighted by atomic mass is 9.95. The van der Waals surface area contributed by atoms with Crippen LogP contribution in [0, 0.1) is 5.92 Å². The lowest BCUT2D eigenvalue weighted by Crippen LogP contribution is -2.34. The van der Waals surface area contributed by atoms with Crippen molar-refractivity contribution in [2.45, 2.75) is 32.4 Å². The molecule has 1 rings (SSSR count). The number of nitrogens with zero attached hydrogens (tertiary/aromatic N) is 1. The van der Waals surface area contributed by atoms with Gasteiger partial charge in [-0.2, -0.15) is 13.2 Å². The molecule has 1 aromatic carbocycles. The molecule has 1 N–H and O–H groups in total. The molecule has 0 radical (unpaired) electrons. The number of amides is 1. The Morgan fingerprint density at radius 3 is 2.39 bits per heavy atom. The van der Waals surface area contributed by atoms with Crippen molar-refractivity contribution in [2.75, 3.05) is 13.6 Å². The molecule has 7 heteroatoms. The Kier molecular flexibility index (Phi) is 6.18. The molecular weight excluding hydrogens is 311 g/mol. The molecule has 0 fully saturated rings. The Morgan fingerprint density at radius 2 is 1.87 bits per heavy atom. The molecule has 0 heterocycles. The maximum atomic E-state index is 12.7. The number of hydrogen-bond donors (Lipinski definition) is 1. The molecule has 0 bridgehead atoms. The standard InChI is InChI=1S/C16H20F3NO3/c1-10(7-14(21)20(3)9-11(2)15(22)23)12-5-4-6-13(8-12)16(17,18)19/h4-6,8,10-11H,7,9H2,1-3H3,(H,22,23). The number of carbonyl (C=O) groups excluding carboxylic acids is 1. The van der Waals surface area contributed by atoms with Gasteiger partial charge in [0.05, 0.1) is 11.5 Å². The first kappa shape index (κ1) is 19.0. The molecule has 2 atom stereocenters. The fraction of sp³-hybridized carbons (Fsp3) is 0.500. The van der Waals surface area contributed by atoms with Gasteiger partial charge in [-0.1, -0.05) is 32.0 Å². The maximum Gasteiger partial charge on any atom is 0.416 e. The topological polar surface area (TPSA) is 57.6 Å². The molecule has 0 spiro atoms. The third-order valence-corrected chi connectivity index (χ3v) is 3.66. The van der Waals surface area contributed by atoms with Crippen molar-refractivity contribution < 1.29 is 27.9 Å². The van der Waals surface area contributed by atoms with Gasteiger partial charge in [0.25, 0.3) is 0 Å². The van der Waals surface area contributed by atoms with Crippen molar-refractivity contribution in [3.05, 3.63) is 35.4 Å². The SMILES string of the molecule is CC(CN(C)C(=O)CC(C)c1cccc(C(F)(F)F)c1)C(=O)O. The highest BCUT2D eigenvalue weighted by atomic mass is 19.4. The van der Waals surface area contributed by atoms with Gasteiger partial charge in [-0.25, -0.2) is 0 Å². The van der Waals surface area contributed by atoms with Gasteiger partial charge in [0.15, 0.2) is 0 Å². The number of hydrogen-bond acceptors (Lipinski definition) is 2. The van der Waals surface area contributed by atoms with Gasteiger partial charge in [0, 0.05) is 20.0 Å². The largest absolute Gasteiger partial charge is 0.481 e. The van der Waals surface area contributed by atoms with E-state index < -0.39 is 29.5 Å². The molecule has 0 aliphatic heterocycles. The second kappa shape index (κ2) is 7.48. The molecule has 23 heavy (non-hydrogen) atoms. The minimum absolute atomic E-state index is 0.0180. The number of carboxylic acid groups (broad SMARTS) is 1. The zero-order chi connectivity index (χ0) is 17.8. The molecule has 4 nitrogen and oxygen atoms in total. The minimum Gasteiger partial charge on any atom is -0.481 e. The number of rotatable bonds is 6. The van der Waals surface area contributed by atoms with Crippen molar-refractivity contribution in [3.8, 4) is 0 Å². The third kappa shape index (κ3) is 5.58. The molecule has 1 amide bonds. The first-order valence-electron chi connectivity index (χ1n) is 7.16. The van der Waals surface area contributed by atoms with E-state index in [2.05, 4.69) is 0 Å². The summed E-state index contributed by atoms with van der Waals surface area (Å²) >= 11 is 0. The summed E-state index contributed by atoms with van der Waals surface area (Å²) in [7, 11) is 1.49. The van der Waals surface area contributed by atoms with Gasteiger partial charge >= 0.3 is 12.1 Å². The Labute approximate surface area is 132 Å². The lowest BCUT2D eigenvalue weighted by Gasteiger charge is -2.22. The summed E-state index contributed by atoms with van der Waals surface area (Å²) in [5.74, 6) is -2.40. The molecule has 128 valence electrons. The summed E-state index contributed by atoms with van der Waals surface area (Å²) in [5, 5.41) is 8.83. The number of carboxylic acids is 1. The van der Waals surface area contributed by atoms with E-state index in [1.54, 1.807) is 13.0 Å². The average molecular weight is 331 g/mol. The van der Waals surface area contributed by atoms with Crippen LogP contribution in [0.15, 0.2) is 24.3 Å². The van der Waals surface area contributed by atoms with E-state index in [9.17, 15) is 22.8 Å². The summed E-state index contributed by atoms with van der Waals surface area (Å²) < 4.78 is 38.1. The van der Waals surface area contributed by atoms with Crippen LogP contribution in [0.1, 0.15) is 37.3 Å². The van der Waals surface area contributed by atoms with E-state index in [0.717, 1.165) is 12.1 Å². The van der Waals surface area contributed by atoms with Crippen molar-refractivity contribution in [1.82, 2.24) is 4.90 Å². The fourth-order valence-corrected chi connectivity index (χ4v) is 2.15. The summed E-state index contributed by atoms with van der Waals surface area (Å²) in [6, 6.07) is 4.89. The second-order valence-electron chi connectivity index (χ2n) is 5.74. The molecule has 2 unspecified atom stereocenters. The summed E-state index contributed by atoms with van der Waals surface area (Å²) in [4.78, 5) is 24.2. The highest BCUT2D eigenvalue weighted by molar-refractivity contribution is 5.78. The Bertz CT molecular complexity index is 572. The van der Waals surface area contributed by atoms with Gasteiger partial charge in [-0.15, -0.1) is 0 Å². The number of halogens is 3. The van der Waals surface area contributed by atoms with Crippen LogP contribution in [0.4, 0.5) is 13.2 Å². The van der Waals surface area contributed by atoms with E-state index in [0.29, 0.717) is 5.56 Å². The minimum atomic E-state index is -4.42. The van der Waals surface area contributed by atoms with E-state index in [4.69, 9.17) is 5.11 Å². The molecule has 0 saturated carbocycles. The smallest absolute Gasteiger partial charge is 0.416 e. The quantitative estimate of drug-likeness (QED) is 0.869. The van der Waals surface area contributed by atoms with Gasteiger partial charge < -0.3 is 10.0 Å². The van der Waals surface area contributed by atoms with Crippen LogP contribution in [-0.4, -0.2) is 35.5 Å². The number of carbonyl (C=O) groups is 2. The van der Waals surface area contributed by atoms with Crippen LogP contribution in [0.25, 0.3) is 0 Å². The first-order valence-corrected chi connectivity index (χ1v) is 7.16. The molecule has 0 saturated heterocycles. The Balaban J connectivity index is 2.74. The predicted octanol–water partition coefficient (Wildman–Crippen LogP) is 3.38. The van der Waals surface area contributed by atoms with Crippen molar-refractivity contribution >= 4 is 11.9 Å². The van der Waals surface area contributed by atoms with Crippen LogP contribution in [0.2, 0.25) is 0 Å². The van der Waals surface area contributed by atoms with Crippen LogP contribution >= 0.6 is 0 Å². The summed E-state index contributed by atoms with van der Waals surface area (Å²) in [6.07, 6.45) is -4.41. The maximum absolute atomic E-state index is 12.7. The van der Waals surface area contributed by atoms with Gasteiger partial charge in [-0.3, -0.25) is 9.59 Å². The Morgan fingerprint density at radius 1 is 1.26 bits per heavy atom. The zero-order valence-electron chi connectivity index (χ0n) is 13.2. The Hall–Kier alpha value is -2.05. The van der Waals surface area contributed by atoms with Gasteiger partial charge in [0.2, 0.25) is 5.91 Å². The van der Waals surface area contributed by atoms with Crippen LogP contribution in [0.5, 0.6) is 0 Å². The van der Waals surface area contributed by atoms with Crippen molar-refractivity contribution in [2.24, 2.45) is 5.92 Å². The van der Waals surface area contributed by atoms with Crippen LogP contribution < -0.4 is 0 Å². The fourth-order valence-electron chi connectivity index (χ4n) is 2.15. The highest BCUT2D eigenvalue weighted by Gasteiger charge is 2.31. The van der Waals surface area contributed by atoms with Crippen LogP contribution in [-0.2, 0) is 15.8 Å². The molecular formula is C16H20F3NO3. The first-order chi connectivity index (χ1) is 10.5. The van der Waals surface area contributed by atoms with Crippen molar-refractivity contribution in [1.29, 1.82) is 0 Å². The molecule has 1 aromatic rings. The van der Waals surface area contributed by atoms with Gasteiger partial charge in [-0.05, 0) is 17.5 Å². The average Bonchev–Trinajstić information content (AvgIpc) is 2.46. The zero-order valence-corrected chi connectivity index (χ0v) is 13.2. The van der Waals surface area contributed by atoms with Crippen LogP contribution in [0.3, 0.4) is 0 Å². The number of aliphatic carboxylic acids is 1.